The van der Waals surface area contributed by atoms with Gasteiger partial charge in [0.25, 0.3) is 5.69 Å². The van der Waals surface area contributed by atoms with Gasteiger partial charge in [-0.2, -0.15) is 0 Å². The van der Waals surface area contributed by atoms with Crippen LogP contribution < -0.4 is 5.32 Å². The highest BCUT2D eigenvalue weighted by molar-refractivity contribution is 6.32. The quantitative estimate of drug-likeness (QED) is 0.585. The molecule has 0 atom stereocenters. The Morgan fingerprint density at radius 2 is 1.76 bits per heavy atom. The van der Waals surface area contributed by atoms with E-state index in [1.54, 1.807) is 12.1 Å². The summed E-state index contributed by atoms with van der Waals surface area (Å²) in [5.41, 5.74) is 1.89. The molecular formula is C14H9ClN4O2. The lowest BCUT2D eigenvalue weighted by atomic mass is 10.3. The van der Waals surface area contributed by atoms with Gasteiger partial charge in [-0.05, 0) is 18.2 Å². The Morgan fingerprint density at radius 1 is 1.05 bits per heavy atom. The van der Waals surface area contributed by atoms with Gasteiger partial charge >= 0.3 is 0 Å². The number of anilines is 2. The SMILES string of the molecule is O=[N+]([O-])c1cccc(Nc2nc3ccccc3nc2Cl)c1. The van der Waals surface area contributed by atoms with Crippen LogP contribution >= 0.6 is 11.6 Å². The first-order valence-corrected chi connectivity index (χ1v) is 6.45. The average Bonchev–Trinajstić information content (AvgIpc) is 2.48. The van der Waals surface area contributed by atoms with E-state index in [-0.39, 0.29) is 10.8 Å². The van der Waals surface area contributed by atoms with Crippen LogP contribution in [0.4, 0.5) is 17.2 Å². The lowest BCUT2D eigenvalue weighted by Crippen LogP contribution is -1.98. The number of nitrogens with zero attached hydrogens (tertiary/aromatic N) is 3. The summed E-state index contributed by atoms with van der Waals surface area (Å²) in [5, 5.41) is 13.9. The van der Waals surface area contributed by atoms with Crippen LogP contribution in [-0.2, 0) is 0 Å². The molecular weight excluding hydrogens is 292 g/mol. The summed E-state index contributed by atoms with van der Waals surface area (Å²) in [4.78, 5) is 18.9. The highest BCUT2D eigenvalue weighted by atomic mass is 35.5. The second-order valence-electron chi connectivity index (χ2n) is 4.28. The Morgan fingerprint density at radius 3 is 2.48 bits per heavy atom. The van der Waals surface area contributed by atoms with Crippen LogP contribution in [0.2, 0.25) is 5.15 Å². The van der Waals surface area contributed by atoms with E-state index in [1.165, 1.54) is 12.1 Å². The van der Waals surface area contributed by atoms with Crippen LogP contribution in [0.15, 0.2) is 48.5 Å². The van der Waals surface area contributed by atoms with Crippen LogP contribution in [0.1, 0.15) is 0 Å². The second-order valence-corrected chi connectivity index (χ2v) is 4.64. The number of benzene rings is 2. The molecule has 0 fully saturated rings. The Hall–Kier alpha value is -2.73. The van der Waals surface area contributed by atoms with Crippen molar-refractivity contribution in [1.29, 1.82) is 0 Å². The van der Waals surface area contributed by atoms with Gasteiger partial charge in [-0.25, -0.2) is 9.97 Å². The molecule has 1 N–H and O–H groups in total. The van der Waals surface area contributed by atoms with E-state index in [1.807, 2.05) is 24.3 Å². The summed E-state index contributed by atoms with van der Waals surface area (Å²) in [7, 11) is 0. The highest BCUT2D eigenvalue weighted by Gasteiger charge is 2.09. The maximum absolute atomic E-state index is 10.8. The van der Waals surface area contributed by atoms with Crippen LogP contribution in [0.5, 0.6) is 0 Å². The average molecular weight is 301 g/mol. The van der Waals surface area contributed by atoms with Crippen molar-refractivity contribution in [2.24, 2.45) is 0 Å². The highest BCUT2D eigenvalue weighted by Crippen LogP contribution is 2.26. The molecule has 0 amide bonds. The first kappa shape index (κ1) is 13.3. The smallest absolute Gasteiger partial charge is 0.271 e. The minimum Gasteiger partial charge on any atom is -0.337 e. The second kappa shape index (κ2) is 5.34. The number of rotatable bonds is 3. The lowest BCUT2D eigenvalue weighted by Gasteiger charge is -2.08. The summed E-state index contributed by atoms with van der Waals surface area (Å²) in [5.74, 6) is 0.357. The molecule has 0 aliphatic heterocycles. The number of non-ortho nitro benzene ring substituents is 1. The molecule has 0 bridgehead atoms. The largest absolute Gasteiger partial charge is 0.337 e. The van der Waals surface area contributed by atoms with Gasteiger partial charge in [0.15, 0.2) is 11.0 Å². The molecule has 0 saturated carbocycles. The molecule has 0 spiro atoms. The number of nitrogens with one attached hydrogen (secondary N) is 1. The molecule has 3 rings (SSSR count). The summed E-state index contributed by atoms with van der Waals surface area (Å²) >= 11 is 6.09. The standard InChI is InChI=1S/C14H9ClN4O2/c15-13-14(18-12-7-2-1-6-11(12)17-13)16-9-4-3-5-10(8-9)19(20)21/h1-8H,(H,16,18). The van der Waals surface area contributed by atoms with Crippen LogP contribution in [-0.4, -0.2) is 14.9 Å². The minimum absolute atomic E-state index is 0.00938. The number of para-hydroxylation sites is 2. The van der Waals surface area contributed by atoms with Crippen molar-refractivity contribution < 1.29 is 4.92 Å². The number of hydrogen-bond donors (Lipinski definition) is 1. The van der Waals surface area contributed by atoms with E-state index >= 15 is 0 Å². The van der Waals surface area contributed by atoms with Gasteiger partial charge in [0, 0.05) is 17.8 Å². The monoisotopic (exact) mass is 300 g/mol. The van der Waals surface area contributed by atoms with Gasteiger partial charge in [0.1, 0.15) is 0 Å². The minimum atomic E-state index is -0.459. The zero-order valence-electron chi connectivity index (χ0n) is 10.7. The predicted octanol–water partition coefficient (Wildman–Crippen LogP) is 3.94. The first-order chi connectivity index (χ1) is 10.1. The molecule has 0 unspecified atom stereocenters. The molecule has 0 aliphatic rings. The van der Waals surface area contributed by atoms with E-state index in [0.717, 1.165) is 0 Å². The first-order valence-electron chi connectivity index (χ1n) is 6.07. The van der Waals surface area contributed by atoms with Gasteiger partial charge < -0.3 is 5.32 Å². The summed E-state index contributed by atoms with van der Waals surface area (Å²) in [6.07, 6.45) is 0. The number of halogens is 1. The van der Waals surface area contributed by atoms with Gasteiger partial charge in [0.05, 0.1) is 16.0 Å². The molecule has 0 saturated heterocycles. The number of nitro groups is 1. The zero-order valence-corrected chi connectivity index (χ0v) is 11.4. The van der Waals surface area contributed by atoms with E-state index in [4.69, 9.17) is 11.6 Å². The normalized spacial score (nSPS) is 10.5. The summed E-state index contributed by atoms with van der Waals surface area (Å²) in [6, 6.07) is 13.4. The maximum Gasteiger partial charge on any atom is 0.271 e. The van der Waals surface area contributed by atoms with Crippen molar-refractivity contribution in [2.45, 2.75) is 0 Å². The third-order valence-electron chi connectivity index (χ3n) is 2.85. The van der Waals surface area contributed by atoms with Crippen molar-refractivity contribution in [3.63, 3.8) is 0 Å². The van der Waals surface area contributed by atoms with Crippen molar-refractivity contribution in [3.05, 3.63) is 63.8 Å². The molecule has 6 nitrogen and oxygen atoms in total. The number of fused-ring (bicyclic) bond motifs is 1. The molecule has 2 aromatic carbocycles. The molecule has 0 aliphatic carbocycles. The lowest BCUT2D eigenvalue weighted by molar-refractivity contribution is -0.384. The fourth-order valence-corrected chi connectivity index (χ4v) is 2.07. The van der Waals surface area contributed by atoms with E-state index < -0.39 is 4.92 Å². The molecule has 1 heterocycles. The van der Waals surface area contributed by atoms with Crippen molar-refractivity contribution in [2.75, 3.05) is 5.32 Å². The van der Waals surface area contributed by atoms with E-state index in [2.05, 4.69) is 15.3 Å². The third kappa shape index (κ3) is 2.75. The Kier molecular flexibility index (Phi) is 3.37. The maximum atomic E-state index is 10.8. The van der Waals surface area contributed by atoms with Crippen LogP contribution in [0.3, 0.4) is 0 Å². The van der Waals surface area contributed by atoms with Gasteiger partial charge in [-0.15, -0.1) is 0 Å². The number of hydrogen-bond acceptors (Lipinski definition) is 5. The molecule has 104 valence electrons. The van der Waals surface area contributed by atoms with Gasteiger partial charge in [-0.1, -0.05) is 29.8 Å². The zero-order chi connectivity index (χ0) is 14.8. The van der Waals surface area contributed by atoms with Crippen LogP contribution in [0.25, 0.3) is 11.0 Å². The topological polar surface area (TPSA) is 81.0 Å². The molecule has 0 radical (unpaired) electrons. The van der Waals surface area contributed by atoms with Crippen molar-refractivity contribution >= 4 is 39.8 Å². The van der Waals surface area contributed by atoms with E-state index in [9.17, 15) is 10.1 Å². The summed E-state index contributed by atoms with van der Waals surface area (Å²) < 4.78 is 0. The Balaban J connectivity index is 1.99. The fraction of sp³-hybridized carbons (Fsp3) is 0. The third-order valence-corrected chi connectivity index (χ3v) is 3.11. The Labute approximate surface area is 124 Å². The predicted molar refractivity (Wildman–Crippen MR) is 80.9 cm³/mol. The van der Waals surface area contributed by atoms with E-state index in [0.29, 0.717) is 22.5 Å². The van der Waals surface area contributed by atoms with Crippen LogP contribution in [0, 0.1) is 10.1 Å². The van der Waals surface area contributed by atoms with Gasteiger partial charge in [0.2, 0.25) is 0 Å². The number of aromatic nitrogens is 2. The number of nitro benzene ring substituents is 1. The molecule has 21 heavy (non-hydrogen) atoms. The van der Waals surface area contributed by atoms with Gasteiger partial charge in [-0.3, -0.25) is 10.1 Å². The molecule has 7 heteroatoms. The van der Waals surface area contributed by atoms with Crippen molar-refractivity contribution in [1.82, 2.24) is 9.97 Å². The fourth-order valence-electron chi connectivity index (χ4n) is 1.89. The Bertz CT molecular complexity index is 838. The molecule has 1 aromatic heterocycles. The van der Waals surface area contributed by atoms with Crippen molar-refractivity contribution in [3.8, 4) is 0 Å². The molecule has 3 aromatic rings. The summed E-state index contributed by atoms with van der Waals surface area (Å²) in [6.45, 7) is 0.